The lowest BCUT2D eigenvalue weighted by Crippen LogP contribution is -2.38. The molecular weight excluding hydrogens is 398 g/mol. The van der Waals surface area contributed by atoms with Crippen molar-refractivity contribution in [1.29, 1.82) is 0 Å². The second kappa shape index (κ2) is 13.3. The number of piperidine rings is 1. The third-order valence-electron chi connectivity index (χ3n) is 6.02. The fourth-order valence-corrected chi connectivity index (χ4v) is 4.64. The van der Waals surface area contributed by atoms with Crippen LogP contribution in [0.2, 0.25) is 0 Å². The summed E-state index contributed by atoms with van der Waals surface area (Å²) in [5, 5.41) is 15.2. The van der Waals surface area contributed by atoms with Gasteiger partial charge in [0.25, 0.3) is 0 Å². The summed E-state index contributed by atoms with van der Waals surface area (Å²) >= 11 is 6.79. The van der Waals surface area contributed by atoms with E-state index in [4.69, 9.17) is 16.4 Å². The molecule has 6 heteroatoms. The predicted molar refractivity (Wildman–Crippen MR) is 125 cm³/mol. The first kappa shape index (κ1) is 25.1. The molecule has 0 spiro atoms. The van der Waals surface area contributed by atoms with Crippen LogP contribution in [0, 0.1) is 12.3 Å². The number of aromatic nitrogens is 1. The van der Waals surface area contributed by atoms with E-state index in [1.54, 1.807) is 0 Å². The zero-order chi connectivity index (χ0) is 21.8. The van der Waals surface area contributed by atoms with E-state index in [0.717, 1.165) is 57.3 Å². The lowest BCUT2D eigenvalue weighted by molar-refractivity contribution is 0.0150. The van der Waals surface area contributed by atoms with Crippen LogP contribution in [0.4, 0.5) is 0 Å². The van der Waals surface area contributed by atoms with E-state index in [2.05, 4.69) is 35.0 Å². The number of hydrogen-bond acceptors (Lipinski definition) is 5. The number of halogens is 1. The Kier molecular flexibility index (Phi) is 11.1. The molecular formula is C24H40ClN3O2. The molecule has 1 saturated heterocycles. The van der Waals surface area contributed by atoms with E-state index in [-0.39, 0.29) is 12.0 Å². The van der Waals surface area contributed by atoms with Crippen LogP contribution in [-0.4, -0.2) is 52.5 Å². The Hall–Kier alpha value is -1.17. The maximum atomic E-state index is 10.3. The monoisotopic (exact) mass is 437 g/mol. The van der Waals surface area contributed by atoms with Gasteiger partial charge in [0.2, 0.25) is 0 Å². The van der Waals surface area contributed by atoms with Gasteiger partial charge in [-0.2, -0.15) is 0 Å². The Labute approximate surface area is 187 Å². The lowest BCUT2D eigenvalue weighted by Gasteiger charge is -2.32. The Bertz CT molecular complexity index is 632. The van der Waals surface area contributed by atoms with Crippen LogP contribution in [0.1, 0.15) is 76.5 Å². The molecule has 170 valence electrons. The van der Waals surface area contributed by atoms with Gasteiger partial charge < -0.3 is 14.8 Å². The van der Waals surface area contributed by atoms with Gasteiger partial charge >= 0.3 is 0 Å². The molecule has 1 aliphatic heterocycles. The highest BCUT2D eigenvalue weighted by molar-refractivity contribution is 6.66. The largest absolute Gasteiger partial charge is 0.392 e. The van der Waals surface area contributed by atoms with Crippen LogP contribution in [-0.2, 0) is 11.3 Å². The van der Waals surface area contributed by atoms with Crippen molar-refractivity contribution in [2.45, 2.75) is 84.7 Å². The van der Waals surface area contributed by atoms with Gasteiger partial charge in [-0.05, 0) is 63.7 Å². The predicted octanol–water partition coefficient (Wildman–Crippen LogP) is 5.32. The van der Waals surface area contributed by atoms with Crippen molar-refractivity contribution in [1.82, 2.24) is 9.88 Å². The molecule has 1 aliphatic rings. The van der Waals surface area contributed by atoms with Crippen molar-refractivity contribution in [3.05, 3.63) is 29.6 Å². The minimum atomic E-state index is -0.547. The lowest BCUT2D eigenvalue weighted by atomic mass is 9.75. The second-order valence-corrected chi connectivity index (χ2v) is 9.17. The van der Waals surface area contributed by atoms with Crippen molar-refractivity contribution in [3.63, 3.8) is 0 Å². The van der Waals surface area contributed by atoms with Crippen molar-refractivity contribution in [2.75, 3.05) is 26.2 Å². The summed E-state index contributed by atoms with van der Waals surface area (Å²) in [4.78, 5) is 12.3. The number of hydrogen-bond donors (Lipinski definition) is 1. The van der Waals surface area contributed by atoms with E-state index >= 15 is 0 Å². The average Bonchev–Trinajstić information content (AvgIpc) is 2.74. The first-order valence-electron chi connectivity index (χ1n) is 11.7. The number of nitrogens with zero attached hydrogens (tertiary/aromatic N) is 3. The molecule has 1 aromatic heterocycles. The summed E-state index contributed by atoms with van der Waals surface area (Å²) in [5.74, 6) is 0. The van der Waals surface area contributed by atoms with Crippen LogP contribution >= 0.6 is 11.6 Å². The minimum Gasteiger partial charge on any atom is -0.392 e. The molecule has 0 bridgehead atoms. The summed E-state index contributed by atoms with van der Waals surface area (Å²) < 4.78 is 0. The van der Waals surface area contributed by atoms with E-state index < -0.39 is 6.10 Å². The molecule has 2 rings (SSSR count). The fraction of sp³-hybridized carbons (Fsp3) is 0.750. The standard InChI is InChI=1S/C24H40ClN3O2/c1-4-6-13-24(12-5-2,16-21-11-10-20(3)26-17-21)23(25)27-30-19-22(29)18-28-14-8-7-9-15-28/h10-11,17,22,29H,4-9,12-16,18-19H2,1-3H3/b27-23-. The summed E-state index contributed by atoms with van der Waals surface area (Å²) in [6.45, 7) is 9.30. The molecule has 0 radical (unpaired) electrons. The van der Waals surface area contributed by atoms with Crippen LogP contribution in [0.5, 0.6) is 0 Å². The Morgan fingerprint density at radius 3 is 2.63 bits per heavy atom. The minimum absolute atomic E-state index is 0.175. The fourth-order valence-electron chi connectivity index (χ4n) is 4.34. The topological polar surface area (TPSA) is 58.0 Å². The quantitative estimate of drug-likeness (QED) is 0.335. The maximum Gasteiger partial charge on any atom is 0.151 e. The number of aliphatic hydroxyl groups is 1. The van der Waals surface area contributed by atoms with Gasteiger partial charge in [0.1, 0.15) is 12.7 Å². The number of unbranched alkanes of at least 4 members (excludes halogenated alkanes) is 1. The van der Waals surface area contributed by atoms with Crippen molar-refractivity contribution < 1.29 is 9.94 Å². The average molecular weight is 438 g/mol. The van der Waals surface area contributed by atoms with Crippen LogP contribution in [0.15, 0.2) is 23.5 Å². The molecule has 1 N–H and O–H groups in total. The molecule has 0 aromatic carbocycles. The molecule has 2 unspecified atom stereocenters. The number of pyridine rings is 1. The van der Waals surface area contributed by atoms with Gasteiger partial charge in [-0.1, -0.05) is 62.4 Å². The van der Waals surface area contributed by atoms with Crippen LogP contribution in [0.25, 0.3) is 0 Å². The van der Waals surface area contributed by atoms with Crippen LogP contribution < -0.4 is 0 Å². The van der Waals surface area contributed by atoms with Crippen molar-refractivity contribution in [3.8, 4) is 0 Å². The summed E-state index contributed by atoms with van der Waals surface area (Å²) in [6, 6.07) is 4.18. The SMILES string of the molecule is CCCCC(CCC)(Cc1ccc(C)nc1)/C(Cl)=N/OCC(O)CN1CCCCC1. The Balaban J connectivity index is 2.03. The maximum absolute atomic E-state index is 10.3. The summed E-state index contributed by atoms with van der Waals surface area (Å²) in [5.41, 5.74) is 1.93. The molecule has 30 heavy (non-hydrogen) atoms. The normalized spacial score (nSPS) is 18.8. The van der Waals surface area contributed by atoms with Gasteiger partial charge in [-0.25, -0.2) is 0 Å². The smallest absolute Gasteiger partial charge is 0.151 e. The molecule has 0 saturated carbocycles. The highest BCUT2D eigenvalue weighted by Crippen LogP contribution is 2.38. The number of oxime groups is 1. The molecule has 0 aliphatic carbocycles. The number of likely N-dealkylation sites (tertiary alicyclic amines) is 1. The van der Waals surface area contributed by atoms with Crippen molar-refractivity contribution >= 4 is 16.8 Å². The van der Waals surface area contributed by atoms with E-state index in [9.17, 15) is 5.11 Å². The van der Waals surface area contributed by atoms with Gasteiger partial charge in [0, 0.05) is 23.9 Å². The highest BCUT2D eigenvalue weighted by Gasteiger charge is 2.35. The molecule has 1 aromatic rings. The molecule has 1 fully saturated rings. The third-order valence-corrected chi connectivity index (χ3v) is 6.49. The Morgan fingerprint density at radius 2 is 2.00 bits per heavy atom. The zero-order valence-electron chi connectivity index (χ0n) is 19.1. The van der Waals surface area contributed by atoms with E-state index in [1.165, 1.54) is 24.8 Å². The Morgan fingerprint density at radius 1 is 1.23 bits per heavy atom. The van der Waals surface area contributed by atoms with Crippen LogP contribution in [0.3, 0.4) is 0 Å². The number of rotatable bonds is 13. The summed E-state index contributed by atoms with van der Waals surface area (Å²) in [6.07, 6.45) is 11.0. The number of aliphatic hydroxyl groups excluding tert-OH is 1. The third kappa shape index (κ3) is 8.16. The van der Waals surface area contributed by atoms with E-state index in [1.807, 2.05) is 19.2 Å². The van der Waals surface area contributed by atoms with Gasteiger partial charge in [-0.15, -0.1) is 0 Å². The molecule has 2 atom stereocenters. The number of aryl methyl sites for hydroxylation is 1. The van der Waals surface area contributed by atoms with Crippen molar-refractivity contribution in [2.24, 2.45) is 10.6 Å². The summed E-state index contributed by atoms with van der Waals surface area (Å²) in [7, 11) is 0. The second-order valence-electron chi connectivity index (χ2n) is 8.81. The van der Waals surface area contributed by atoms with E-state index in [0.29, 0.717) is 11.7 Å². The first-order valence-corrected chi connectivity index (χ1v) is 12.0. The van der Waals surface area contributed by atoms with Gasteiger partial charge in [0.05, 0.1) is 0 Å². The number of β-amino-alcohol motifs (C(OH)–C–C–N with tert-alkyl or cyclic N) is 1. The molecule has 5 nitrogen and oxygen atoms in total. The molecule has 2 heterocycles. The first-order chi connectivity index (χ1) is 14.5. The van der Waals surface area contributed by atoms with Gasteiger partial charge in [0.15, 0.2) is 5.17 Å². The molecule has 0 amide bonds. The van der Waals surface area contributed by atoms with Gasteiger partial charge in [-0.3, -0.25) is 4.98 Å². The zero-order valence-corrected chi connectivity index (χ0v) is 19.8. The highest BCUT2D eigenvalue weighted by atomic mass is 35.5.